The summed E-state index contributed by atoms with van der Waals surface area (Å²) in [6.45, 7) is 4.49. The SMILES string of the molecule is CCCCCC[C@H]1C[C@@]1(O)CCCCCC. The molecule has 1 N–H and O–H groups in total. The van der Waals surface area contributed by atoms with E-state index in [4.69, 9.17) is 0 Å². The van der Waals surface area contributed by atoms with E-state index in [2.05, 4.69) is 13.8 Å². The Morgan fingerprint density at radius 3 is 2.19 bits per heavy atom. The van der Waals surface area contributed by atoms with Gasteiger partial charge in [-0.1, -0.05) is 65.2 Å². The highest BCUT2D eigenvalue weighted by molar-refractivity contribution is 5.02. The highest BCUT2D eigenvalue weighted by Gasteiger charge is 2.50. The molecule has 1 saturated carbocycles. The first-order valence-corrected chi connectivity index (χ1v) is 7.45. The largest absolute Gasteiger partial charge is 0.390 e. The highest BCUT2D eigenvalue weighted by Crippen LogP contribution is 2.50. The van der Waals surface area contributed by atoms with E-state index in [0.29, 0.717) is 5.92 Å². The average molecular weight is 226 g/mol. The van der Waals surface area contributed by atoms with Gasteiger partial charge in [0, 0.05) is 0 Å². The summed E-state index contributed by atoms with van der Waals surface area (Å²) in [5.41, 5.74) is -0.236. The quantitative estimate of drug-likeness (QED) is 0.536. The first-order valence-electron chi connectivity index (χ1n) is 7.45. The fourth-order valence-electron chi connectivity index (χ4n) is 2.72. The van der Waals surface area contributed by atoms with Gasteiger partial charge in [0.1, 0.15) is 0 Å². The van der Waals surface area contributed by atoms with Gasteiger partial charge in [-0.15, -0.1) is 0 Å². The third-order valence-electron chi connectivity index (χ3n) is 4.07. The minimum Gasteiger partial charge on any atom is -0.390 e. The van der Waals surface area contributed by atoms with Crippen LogP contribution in [0.5, 0.6) is 0 Å². The Labute approximate surface area is 102 Å². The van der Waals surface area contributed by atoms with Crippen molar-refractivity contribution in [1.82, 2.24) is 0 Å². The molecule has 0 aromatic heterocycles. The van der Waals surface area contributed by atoms with Crippen molar-refractivity contribution in [3.8, 4) is 0 Å². The van der Waals surface area contributed by atoms with Crippen LogP contribution in [0.25, 0.3) is 0 Å². The van der Waals surface area contributed by atoms with Gasteiger partial charge < -0.3 is 5.11 Å². The molecule has 0 aromatic rings. The summed E-state index contributed by atoms with van der Waals surface area (Å²) in [7, 11) is 0. The molecule has 96 valence electrons. The second kappa shape index (κ2) is 7.32. The summed E-state index contributed by atoms with van der Waals surface area (Å²) in [4.78, 5) is 0. The minimum absolute atomic E-state index is 0.236. The van der Waals surface area contributed by atoms with Crippen LogP contribution in [0.2, 0.25) is 0 Å². The van der Waals surface area contributed by atoms with E-state index < -0.39 is 0 Å². The molecule has 0 unspecified atom stereocenters. The van der Waals surface area contributed by atoms with Crippen molar-refractivity contribution in [3.05, 3.63) is 0 Å². The Hall–Kier alpha value is -0.0400. The van der Waals surface area contributed by atoms with E-state index in [0.717, 1.165) is 12.8 Å². The maximum Gasteiger partial charge on any atom is 0.0680 e. The lowest BCUT2D eigenvalue weighted by atomic mass is 10.0. The Bertz CT molecular complexity index is 178. The summed E-state index contributed by atoms with van der Waals surface area (Å²) in [6.07, 6.45) is 13.9. The summed E-state index contributed by atoms with van der Waals surface area (Å²) >= 11 is 0. The molecule has 16 heavy (non-hydrogen) atoms. The third-order valence-corrected chi connectivity index (χ3v) is 4.07. The fourth-order valence-corrected chi connectivity index (χ4v) is 2.72. The van der Waals surface area contributed by atoms with Crippen LogP contribution in [0, 0.1) is 5.92 Å². The molecule has 0 radical (unpaired) electrons. The molecule has 0 bridgehead atoms. The van der Waals surface area contributed by atoms with E-state index in [1.54, 1.807) is 0 Å². The minimum atomic E-state index is -0.236. The van der Waals surface area contributed by atoms with Crippen LogP contribution in [-0.2, 0) is 0 Å². The van der Waals surface area contributed by atoms with Crippen LogP contribution in [-0.4, -0.2) is 10.7 Å². The molecule has 1 fully saturated rings. The van der Waals surface area contributed by atoms with Crippen molar-refractivity contribution >= 4 is 0 Å². The number of unbranched alkanes of at least 4 members (excludes halogenated alkanes) is 6. The van der Waals surface area contributed by atoms with Gasteiger partial charge in [0.2, 0.25) is 0 Å². The molecule has 1 aliphatic rings. The standard InChI is InChI=1S/C15H30O/c1-3-5-7-9-11-14-13-15(14,16)12-10-8-6-4-2/h14,16H,3-13H2,1-2H3/t14-,15-/m0/s1. The van der Waals surface area contributed by atoms with E-state index in [1.807, 2.05) is 0 Å². The molecule has 0 aromatic carbocycles. The fraction of sp³-hybridized carbons (Fsp3) is 1.00. The maximum atomic E-state index is 10.2. The van der Waals surface area contributed by atoms with E-state index in [-0.39, 0.29) is 5.60 Å². The lowest BCUT2D eigenvalue weighted by molar-refractivity contribution is 0.115. The zero-order valence-corrected chi connectivity index (χ0v) is 11.3. The van der Waals surface area contributed by atoms with Gasteiger partial charge in [-0.25, -0.2) is 0 Å². The van der Waals surface area contributed by atoms with Crippen molar-refractivity contribution in [2.45, 2.75) is 90.1 Å². The second-order valence-electron chi connectivity index (χ2n) is 5.66. The molecule has 0 saturated heterocycles. The monoisotopic (exact) mass is 226 g/mol. The number of rotatable bonds is 10. The average Bonchev–Trinajstić information content (AvgIpc) is 2.92. The lowest BCUT2D eigenvalue weighted by Crippen LogP contribution is -2.10. The molecule has 0 amide bonds. The third kappa shape index (κ3) is 4.86. The number of aliphatic hydroxyl groups is 1. The van der Waals surface area contributed by atoms with Crippen LogP contribution >= 0.6 is 0 Å². The van der Waals surface area contributed by atoms with Crippen molar-refractivity contribution in [1.29, 1.82) is 0 Å². The smallest absolute Gasteiger partial charge is 0.0680 e. The van der Waals surface area contributed by atoms with Gasteiger partial charge in [-0.05, 0) is 25.2 Å². The summed E-state index contributed by atoms with van der Waals surface area (Å²) in [5, 5.41) is 10.2. The molecule has 0 heterocycles. The Balaban J connectivity index is 1.97. The zero-order chi connectivity index (χ0) is 11.9. The summed E-state index contributed by atoms with van der Waals surface area (Å²) < 4.78 is 0. The molecule has 2 atom stereocenters. The molecular weight excluding hydrogens is 196 g/mol. The number of hydrogen-bond donors (Lipinski definition) is 1. The van der Waals surface area contributed by atoms with Crippen LogP contribution in [0.3, 0.4) is 0 Å². The molecule has 1 nitrogen and oxygen atoms in total. The zero-order valence-electron chi connectivity index (χ0n) is 11.3. The molecular formula is C15H30O. The molecule has 1 aliphatic carbocycles. The predicted molar refractivity (Wildman–Crippen MR) is 70.6 cm³/mol. The topological polar surface area (TPSA) is 20.2 Å². The van der Waals surface area contributed by atoms with Crippen molar-refractivity contribution in [3.63, 3.8) is 0 Å². The second-order valence-corrected chi connectivity index (χ2v) is 5.66. The van der Waals surface area contributed by atoms with Crippen molar-refractivity contribution < 1.29 is 5.11 Å². The Kier molecular flexibility index (Phi) is 6.41. The van der Waals surface area contributed by atoms with Crippen molar-refractivity contribution in [2.75, 3.05) is 0 Å². The lowest BCUT2D eigenvalue weighted by Gasteiger charge is -2.10. The van der Waals surface area contributed by atoms with Gasteiger partial charge in [-0.2, -0.15) is 0 Å². The van der Waals surface area contributed by atoms with Gasteiger partial charge in [0.25, 0.3) is 0 Å². The van der Waals surface area contributed by atoms with E-state index >= 15 is 0 Å². The van der Waals surface area contributed by atoms with Gasteiger partial charge >= 0.3 is 0 Å². The Morgan fingerprint density at radius 2 is 1.56 bits per heavy atom. The first-order chi connectivity index (χ1) is 7.73. The first kappa shape index (κ1) is 14.0. The normalized spacial score (nSPS) is 28.3. The molecule has 0 aliphatic heterocycles. The summed E-state index contributed by atoms with van der Waals surface area (Å²) in [5.74, 6) is 0.644. The van der Waals surface area contributed by atoms with Crippen molar-refractivity contribution in [2.24, 2.45) is 5.92 Å². The van der Waals surface area contributed by atoms with Crippen LogP contribution in [0.15, 0.2) is 0 Å². The molecule has 0 spiro atoms. The van der Waals surface area contributed by atoms with Crippen LogP contribution in [0.1, 0.15) is 84.5 Å². The maximum absolute atomic E-state index is 10.2. The van der Waals surface area contributed by atoms with E-state index in [9.17, 15) is 5.11 Å². The molecule has 1 rings (SSSR count). The van der Waals surface area contributed by atoms with Gasteiger partial charge in [0.15, 0.2) is 0 Å². The highest BCUT2D eigenvalue weighted by atomic mass is 16.3. The molecule has 1 heteroatoms. The number of hydrogen-bond acceptors (Lipinski definition) is 1. The van der Waals surface area contributed by atoms with Gasteiger partial charge in [-0.3, -0.25) is 0 Å². The van der Waals surface area contributed by atoms with Gasteiger partial charge in [0.05, 0.1) is 5.60 Å². The van der Waals surface area contributed by atoms with Crippen LogP contribution in [0.4, 0.5) is 0 Å². The van der Waals surface area contributed by atoms with Crippen LogP contribution < -0.4 is 0 Å². The Morgan fingerprint density at radius 1 is 0.938 bits per heavy atom. The summed E-state index contributed by atoms with van der Waals surface area (Å²) in [6, 6.07) is 0. The van der Waals surface area contributed by atoms with E-state index in [1.165, 1.54) is 57.8 Å². The predicted octanol–water partition coefficient (Wildman–Crippen LogP) is 4.68.